The maximum absolute atomic E-state index is 15.4. The summed E-state index contributed by atoms with van der Waals surface area (Å²) in [6.45, 7) is 0.968. The van der Waals surface area contributed by atoms with E-state index in [1.54, 1.807) is 6.92 Å². The number of halogens is 4. The van der Waals surface area contributed by atoms with Crippen LogP contribution in [0.4, 0.5) is 17.6 Å². The average molecular weight is 494 g/mol. The van der Waals surface area contributed by atoms with Crippen LogP contribution < -0.4 is 10.1 Å². The summed E-state index contributed by atoms with van der Waals surface area (Å²) in [5, 5.41) is 13.3. The normalized spacial score (nSPS) is 16.6. The lowest BCUT2D eigenvalue weighted by Gasteiger charge is -2.38. The molecular formula is C26H31F4N3O2. The smallest absolute Gasteiger partial charge is 0.283 e. The molecule has 1 unspecified atom stereocenters. The molecule has 35 heavy (non-hydrogen) atoms. The number of H-pyrrole nitrogens is 1. The summed E-state index contributed by atoms with van der Waals surface area (Å²) < 4.78 is 62.2. The third kappa shape index (κ3) is 5.47. The lowest BCUT2D eigenvalue weighted by atomic mass is 9.89. The quantitative estimate of drug-likeness (QED) is 0.272. The number of hydrogen-bond acceptors (Lipinski definition) is 4. The summed E-state index contributed by atoms with van der Waals surface area (Å²) in [7, 11) is 0. The first-order chi connectivity index (χ1) is 16.9. The first-order valence-corrected chi connectivity index (χ1v) is 11.9. The van der Waals surface area contributed by atoms with E-state index in [1.165, 1.54) is 17.0 Å². The predicted molar refractivity (Wildman–Crippen MR) is 128 cm³/mol. The van der Waals surface area contributed by atoms with Gasteiger partial charge in [-0.2, -0.15) is 0 Å². The molecule has 1 aliphatic rings. The fraction of sp³-hybridized carbons (Fsp3) is 0.462. The van der Waals surface area contributed by atoms with Crippen molar-refractivity contribution in [3.63, 3.8) is 0 Å². The zero-order valence-corrected chi connectivity index (χ0v) is 19.7. The van der Waals surface area contributed by atoms with E-state index in [-0.39, 0.29) is 12.1 Å². The van der Waals surface area contributed by atoms with Gasteiger partial charge in [0.1, 0.15) is 24.8 Å². The number of aromatic nitrogens is 1. The van der Waals surface area contributed by atoms with Gasteiger partial charge in [0.15, 0.2) is 0 Å². The lowest BCUT2D eigenvalue weighted by molar-refractivity contribution is -0.0790. The number of aliphatic hydroxyl groups is 1. The van der Waals surface area contributed by atoms with Gasteiger partial charge in [0.05, 0.1) is 19.3 Å². The molecule has 0 saturated carbocycles. The van der Waals surface area contributed by atoms with Crippen molar-refractivity contribution in [1.82, 2.24) is 15.2 Å². The third-order valence-electron chi connectivity index (χ3n) is 6.51. The summed E-state index contributed by atoms with van der Waals surface area (Å²) in [6.07, 6.45) is 0.946. The van der Waals surface area contributed by atoms with Crippen molar-refractivity contribution in [3.05, 3.63) is 64.6 Å². The van der Waals surface area contributed by atoms with Gasteiger partial charge < -0.3 is 20.1 Å². The number of alkyl halides is 3. The molecule has 9 heteroatoms. The molecule has 1 aliphatic heterocycles. The molecule has 0 amide bonds. The Kier molecular flexibility index (Phi) is 7.98. The molecule has 0 bridgehead atoms. The predicted octanol–water partition coefficient (Wildman–Crippen LogP) is 4.52. The van der Waals surface area contributed by atoms with Crippen molar-refractivity contribution in [1.29, 1.82) is 0 Å². The fourth-order valence-corrected chi connectivity index (χ4v) is 4.85. The molecule has 1 atom stereocenters. The number of aliphatic hydroxyl groups excluding tert-OH is 1. The van der Waals surface area contributed by atoms with Crippen molar-refractivity contribution in [2.45, 2.75) is 31.7 Å². The minimum absolute atomic E-state index is 0.272. The molecule has 3 N–H and O–H groups in total. The van der Waals surface area contributed by atoms with E-state index in [1.807, 2.05) is 24.3 Å². The number of benzene rings is 2. The van der Waals surface area contributed by atoms with Crippen LogP contribution in [0.15, 0.2) is 36.4 Å². The molecule has 0 spiro atoms. The molecule has 1 aromatic heterocycles. The van der Waals surface area contributed by atoms with Gasteiger partial charge in [-0.3, -0.25) is 9.29 Å². The fourth-order valence-electron chi connectivity index (χ4n) is 4.85. The minimum Gasteiger partial charge on any atom is -0.492 e. The number of nitrogens with zero attached hydrogens (tertiary/aromatic N) is 1. The lowest BCUT2D eigenvalue weighted by Crippen LogP contribution is -2.45. The van der Waals surface area contributed by atoms with E-state index in [0.29, 0.717) is 49.5 Å². The highest BCUT2D eigenvalue weighted by atomic mass is 19.3. The Morgan fingerprint density at radius 2 is 2.00 bits per heavy atom. The topological polar surface area (TPSA) is 60.5 Å². The Bertz CT molecular complexity index is 1150. The Balaban J connectivity index is 1.71. The zero-order chi connectivity index (χ0) is 25.0. The molecule has 2 aromatic carbocycles. The average Bonchev–Trinajstić information content (AvgIpc) is 3.22. The first kappa shape index (κ1) is 25.5. The SMILES string of the molecule is Cc1c(OCCNCCCF)ccc(F)c1C1c2[nH]c3ccccc3c2CCN1CC(F)(F)CO. The molecular weight excluding hydrogens is 462 g/mol. The van der Waals surface area contributed by atoms with Gasteiger partial charge >= 0.3 is 0 Å². The second-order valence-corrected chi connectivity index (χ2v) is 8.93. The number of ether oxygens (including phenoxy) is 1. The largest absolute Gasteiger partial charge is 0.492 e. The first-order valence-electron chi connectivity index (χ1n) is 11.9. The molecule has 0 fully saturated rings. The summed E-state index contributed by atoms with van der Waals surface area (Å²) in [4.78, 5) is 4.88. The van der Waals surface area contributed by atoms with Crippen LogP contribution in [0.5, 0.6) is 5.75 Å². The van der Waals surface area contributed by atoms with Crippen LogP contribution >= 0.6 is 0 Å². The van der Waals surface area contributed by atoms with Crippen molar-refractivity contribution in [2.75, 3.05) is 46.1 Å². The molecule has 2 heterocycles. The van der Waals surface area contributed by atoms with Crippen LogP contribution in [0.25, 0.3) is 10.9 Å². The third-order valence-corrected chi connectivity index (χ3v) is 6.51. The van der Waals surface area contributed by atoms with Gasteiger partial charge in [-0.25, -0.2) is 13.2 Å². The van der Waals surface area contributed by atoms with E-state index < -0.39 is 37.6 Å². The zero-order valence-electron chi connectivity index (χ0n) is 19.7. The molecule has 190 valence electrons. The monoisotopic (exact) mass is 493 g/mol. The summed E-state index contributed by atoms with van der Waals surface area (Å²) in [6, 6.07) is 9.73. The molecule has 3 aromatic rings. The second-order valence-electron chi connectivity index (χ2n) is 8.93. The van der Waals surface area contributed by atoms with Gasteiger partial charge in [0.25, 0.3) is 5.92 Å². The number of nitrogens with one attached hydrogen (secondary N) is 2. The van der Waals surface area contributed by atoms with Crippen LogP contribution in [0.2, 0.25) is 0 Å². The van der Waals surface area contributed by atoms with E-state index >= 15 is 4.39 Å². The van der Waals surface area contributed by atoms with E-state index in [4.69, 9.17) is 4.74 Å². The van der Waals surface area contributed by atoms with Crippen molar-refractivity contribution >= 4 is 10.9 Å². The Morgan fingerprint density at radius 3 is 2.77 bits per heavy atom. The van der Waals surface area contributed by atoms with Crippen LogP contribution in [0, 0.1) is 12.7 Å². The molecule has 0 radical (unpaired) electrons. The van der Waals surface area contributed by atoms with Crippen LogP contribution in [-0.2, 0) is 6.42 Å². The highest BCUT2D eigenvalue weighted by molar-refractivity contribution is 5.85. The highest BCUT2D eigenvalue weighted by Crippen LogP contribution is 2.42. The number of aromatic amines is 1. The summed E-state index contributed by atoms with van der Waals surface area (Å²) >= 11 is 0. The van der Waals surface area contributed by atoms with E-state index in [0.717, 1.165) is 16.5 Å². The van der Waals surface area contributed by atoms with Gasteiger partial charge in [-0.05, 0) is 55.6 Å². The highest BCUT2D eigenvalue weighted by Gasteiger charge is 2.40. The Hall–Kier alpha value is -2.62. The molecule has 5 nitrogen and oxygen atoms in total. The van der Waals surface area contributed by atoms with E-state index in [9.17, 15) is 18.3 Å². The Labute approximate surface area is 202 Å². The van der Waals surface area contributed by atoms with Crippen molar-refractivity contribution in [3.8, 4) is 5.75 Å². The van der Waals surface area contributed by atoms with Crippen LogP contribution in [0.1, 0.15) is 34.8 Å². The summed E-state index contributed by atoms with van der Waals surface area (Å²) in [5.74, 6) is -3.37. The standard InChI is InChI=1S/C26H31F4N3O2/c1-17-22(35-14-12-31-11-4-10-27)8-7-20(28)23(17)25-24-19(18-5-2-3-6-21(18)32-24)9-13-33(25)15-26(29,30)16-34/h2-3,5-8,25,31-32,34H,4,9-16H2,1H3. The maximum atomic E-state index is 15.4. The van der Waals surface area contributed by atoms with Crippen molar-refractivity contribution < 1.29 is 27.4 Å². The molecule has 0 saturated heterocycles. The number of hydrogen-bond donors (Lipinski definition) is 3. The molecule has 0 aliphatic carbocycles. The van der Waals surface area contributed by atoms with Gasteiger partial charge in [0, 0.05) is 35.2 Å². The number of rotatable bonds is 11. The summed E-state index contributed by atoms with van der Waals surface area (Å²) in [5.41, 5.74) is 3.33. The van der Waals surface area contributed by atoms with E-state index in [2.05, 4.69) is 10.3 Å². The minimum atomic E-state index is -3.33. The maximum Gasteiger partial charge on any atom is 0.283 e. The Morgan fingerprint density at radius 1 is 1.20 bits per heavy atom. The molecule has 4 rings (SSSR count). The number of para-hydroxylation sites is 1. The van der Waals surface area contributed by atoms with Crippen LogP contribution in [-0.4, -0.2) is 67.0 Å². The van der Waals surface area contributed by atoms with Gasteiger partial charge in [-0.15, -0.1) is 0 Å². The van der Waals surface area contributed by atoms with Gasteiger partial charge in [-0.1, -0.05) is 18.2 Å². The van der Waals surface area contributed by atoms with Crippen LogP contribution in [0.3, 0.4) is 0 Å². The van der Waals surface area contributed by atoms with Gasteiger partial charge in [0.2, 0.25) is 0 Å². The second kappa shape index (κ2) is 11.0. The number of fused-ring (bicyclic) bond motifs is 3. The van der Waals surface area contributed by atoms with Crippen molar-refractivity contribution in [2.24, 2.45) is 0 Å².